The highest BCUT2D eigenvalue weighted by molar-refractivity contribution is 9.10. The van der Waals surface area contributed by atoms with E-state index in [0.717, 1.165) is 20.9 Å². The summed E-state index contributed by atoms with van der Waals surface area (Å²) in [7, 11) is 1.83. The van der Waals surface area contributed by atoms with Gasteiger partial charge in [-0.25, -0.2) is 0 Å². The number of aliphatic hydroxyl groups excluding tert-OH is 1. The summed E-state index contributed by atoms with van der Waals surface area (Å²) < 4.78 is 1.03. The Bertz CT molecular complexity index is 467. The molecule has 15 heavy (non-hydrogen) atoms. The second kappa shape index (κ2) is 4.35. The van der Waals surface area contributed by atoms with Crippen molar-refractivity contribution in [3.05, 3.63) is 34.4 Å². The molecule has 0 radical (unpaired) electrons. The Morgan fingerprint density at radius 1 is 1.53 bits per heavy atom. The maximum atomic E-state index is 9.88. The zero-order valence-electron chi connectivity index (χ0n) is 8.42. The molecule has 4 heteroatoms. The summed E-state index contributed by atoms with van der Waals surface area (Å²) in [6.07, 6.45) is 1.39. The molecule has 0 saturated carbocycles. The topological polar surface area (TPSA) is 48.0 Å². The van der Waals surface area contributed by atoms with Crippen molar-refractivity contribution in [3.8, 4) is 0 Å². The van der Waals surface area contributed by atoms with Crippen LogP contribution in [0.2, 0.25) is 0 Å². The zero-order chi connectivity index (χ0) is 10.8. The van der Waals surface area contributed by atoms with Crippen molar-refractivity contribution in [1.29, 1.82) is 0 Å². The molecule has 2 rings (SSSR count). The molecule has 2 aromatic rings. The molecule has 0 aliphatic carbocycles. The highest BCUT2D eigenvalue weighted by Gasteiger charge is 2.11. The molecule has 0 amide bonds. The molecule has 3 N–H and O–H groups in total. The Balaban J connectivity index is 2.44. The van der Waals surface area contributed by atoms with Crippen LogP contribution in [0.15, 0.2) is 28.9 Å². The molecule has 3 nitrogen and oxygen atoms in total. The fourth-order valence-corrected chi connectivity index (χ4v) is 2.06. The van der Waals surface area contributed by atoms with E-state index in [-0.39, 0.29) is 0 Å². The first-order valence-electron chi connectivity index (χ1n) is 4.81. The van der Waals surface area contributed by atoms with Crippen molar-refractivity contribution >= 4 is 26.8 Å². The van der Waals surface area contributed by atoms with Crippen LogP contribution in [0.1, 0.15) is 11.7 Å². The lowest BCUT2D eigenvalue weighted by atomic mass is 10.1. The number of rotatable bonds is 3. The Labute approximate surface area is 96.6 Å². The molecule has 1 aromatic carbocycles. The second-order valence-electron chi connectivity index (χ2n) is 3.51. The van der Waals surface area contributed by atoms with Gasteiger partial charge in [0.05, 0.1) is 6.10 Å². The third kappa shape index (κ3) is 2.07. The molecule has 0 aliphatic heterocycles. The standard InChI is InChI=1S/C11H13BrN2O/c1-13-6-11(15)9-5-14-10-4-7(12)2-3-8(9)10/h2-5,11,13-15H,6H2,1H3. The van der Waals surface area contributed by atoms with Gasteiger partial charge in [0, 0.05) is 33.7 Å². The van der Waals surface area contributed by atoms with E-state index < -0.39 is 6.10 Å². The lowest BCUT2D eigenvalue weighted by Crippen LogP contribution is -2.16. The third-order valence-electron chi connectivity index (χ3n) is 2.43. The minimum atomic E-state index is -0.468. The van der Waals surface area contributed by atoms with Crippen LogP contribution in [0.25, 0.3) is 10.9 Å². The summed E-state index contributed by atoms with van der Waals surface area (Å²) in [6, 6.07) is 5.99. The Morgan fingerprint density at radius 3 is 3.07 bits per heavy atom. The van der Waals surface area contributed by atoms with E-state index >= 15 is 0 Å². The lowest BCUT2D eigenvalue weighted by molar-refractivity contribution is 0.179. The molecule has 1 unspecified atom stereocenters. The molecule has 80 valence electrons. The first-order valence-corrected chi connectivity index (χ1v) is 5.61. The van der Waals surface area contributed by atoms with Crippen LogP contribution in [0.3, 0.4) is 0 Å². The molecule has 0 aliphatic rings. The van der Waals surface area contributed by atoms with Crippen molar-refractivity contribution in [2.45, 2.75) is 6.10 Å². The molecule has 0 saturated heterocycles. The number of nitrogens with one attached hydrogen (secondary N) is 2. The highest BCUT2D eigenvalue weighted by atomic mass is 79.9. The molecule has 1 atom stereocenters. The third-order valence-corrected chi connectivity index (χ3v) is 2.93. The van der Waals surface area contributed by atoms with E-state index in [9.17, 15) is 5.11 Å². The van der Waals surface area contributed by atoms with Gasteiger partial charge in [-0.15, -0.1) is 0 Å². The normalized spacial score (nSPS) is 13.3. The predicted molar refractivity (Wildman–Crippen MR) is 64.9 cm³/mol. The van der Waals surface area contributed by atoms with Crippen LogP contribution >= 0.6 is 15.9 Å². The van der Waals surface area contributed by atoms with Gasteiger partial charge in [0.25, 0.3) is 0 Å². The van der Waals surface area contributed by atoms with Gasteiger partial charge in [-0.05, 0) is 19.2 Å². The molecular formula is C11H13BrN2O. The van der Waals surface area contributed by atoms with E-state index in [1.807, 2.05) is 31.4 Å². The molecule has 0 spiro atoms. The lowest BCUT2D eigenvalue weighted by Gasteiger charge is -2.08. The monoisotopic (exact) mass is 268 g/mol. The number of halogens is 1. The number of hydrogen-bond donors (Lipinski definition) is 3. The quantitative estimate of drug-likeness (QED) is 0.799. The summed E-state index contributed by atoms with van der Waals surface area (Å²) in [5, 5.41) is 13.9. The van der Waals surface area contributed by atoms with E-state index in [4.69, 9.17) is 0 Å². The molecule has 0 fully saturated rings. The number of aromatic nitrogens is 1. The van der Waals surface area contributed by atoms with Crippen LogP contribution in [-0.4, -0.2) is 23.7 Å². The van der Waals surface area contributed by atoms with Gasteiger partial charge in [-0.2, -0.15) is 0 Å². The summed E-state index contributed by atoms with van der Waals surface area (Å²) in [6.45, 7) is 0.559. The van der Waals surface area contributed by atoms with Gasteiger partial charge >= 0.3 is 0 Å². The minimum absolute atomic E-state index is 0.468. The zero-order valence-corrected chi connectivity index (χ0v) is 10.0. The number of benzene rings is 1. The van der Waals surface area contributed by atoms with Crippen LogP contribution in [-0.2, 0) is 0 Å². The smallest absolute Gasteiger partial charge is 0.0934 e. The van der Waals surface area contributed by atoms with E-state index in [2.05, 4.69) is 26.2 Å². The number of fused-ring (bicyclic) bond motifs is 1. The molecule has 1 aromatic heterocycles. The summed E-state index contributed by atoms with van der Waals surface area (Å²) in [5.41, 5.74) is 1.97. The molecule has 1 heterocycles. The summed E-state index contributed by atoms with van der Waals surface area (Å²) in [5.74, 6) is 0. The number of H-pyrrole nitrogens is 1. The number of hydrogen-bond acceptors (Lipinski definition) is 2. The number of aromatic amines is 1. The largest absolute Gasteiger partial charge is 0.387 e. The number of likely N-dealkylation sites (N-methyl/N-ethyl adjacent to an activating group) is 1. The van der Waals surface area contributed by atoms with Gasteiger partial charge in [0.1, 0.15) is 0 Å². The fourth-order valence-electron chi connectivity index (χ4n) is 1.70. The highest BCUT2D eigenvalue weighted by Crippen LogP contribution is 2.26. The Hall–Kier alpha value is -0.840. The van der Waals surface area contributed by atoms with Crippen LogP contribution in [0.4, 0.5) is 0 Å². The molecular weight excluding hydrogens is 256 g/mol. The number of aliphatic hydroxyl groups is 1. The van der Waals surface area contributed by atoms with Gasteiger partial charge in [0.15, 0.2) is 0 Å². The molecule has 0 bridgehead atoms. The summed E-state index contributed by atoms with van der Waals surface area (Å²) >= 11 is 3.41. The van der Waals surface area contributed by atoms with Gasteiger partial charge in [-0.3, -0.25) is 0 Å². The van der Waals surface area contributed by atoms with Crippen LogP contribution < -0.4 is 5.32 Å². The Kier molecular flexibility index (Phi) is 3.09. The van der Waals surface area contributed by atoms with Crippen molar-refractivity contribution in [2.24, 2.45) is 0 Å². The second-order valence-corrected chi connectivity index (χ2v) is 4.42. The maximum Gasteiger partial charge on any atom is 0.0934 e. The van der Waals surface area contributed by atoms with Gasteiger partial charge in [-0.1, -0.05) is 22.0 Å². The fraction of sp³-hybridized carbons (Fsp3) is 0.273. The van der Waals surface area contributed by atoms with Crippen molar-refractivity contribution in [2.75, 3.05) is 13.6 Å². The average molecular weight is 269 g/mol. The average Bonchev–Trinajstić information content (AvgIpc) is 2.60. The minimum Gasteiger partial charge on any atom is -0.387 e. The maximum absolute atomic E-state index is 9.88. The first-order chi connectivity index (χ1) is 7.22. The van der Waals surface area contributed by atoms with Crippen molar-refractivity contribution < 1.29 is 5.11 Å². The summed E-state index contributed by atoms with van der Waals surface area (Å²) in [4.78, 5) is 3.15. The van der Waals surface area contributed by atoms with E-state index in [0.29, 0.717) is 6.54 Å². The SMILES string of the molecule is CNCC(O)c1c[nH]c2cc(Br)ccc12. The Morgan fingerprint density at radius 2 is 2.33 bits per heavy atom. The van der Waals surface area contributed by atoms with Gasteiger partial charge < -0.3 is 15.4 Å². The van der Waals surface area contributed by atoms with Crippen LogP contribution in [0.5, 0.6) is 0 Å². The predicted octanol–water partition coefficient (Wildman–Crippen LogP) is 2.18. The van der Waals surface area contributed by atoms with Crippen molar-refractivity contribution in [3.63, 3.8) is 0 Å². The van der Waals surface area contributed by atoms with Gasteiger partial charge in [0.2, 0.25) is 0 Å². The van der Waals surface area contributed by atoms with Crippen LogP contribution in [0, 0.1) is 0 Å². The van der Waals surface area contributed by atoms with Crippen molar-refractivity contribution in [1.82, 2.24) is 10.3 Å². The van der Waals surface area contributed by atoms with E-state index in [1.54, 1.807) is 0 Å². The first kappa shape index (κ1) is 10.7. The van der Waals surface area contributed by atoms with E-state index in [1.165, 1.54) is 0 Å².